The number of rotatable bonds is 1. The van der Waals surface area contributed by atoms with Gasteiger partial charge in [-0.3, -0.25) is 0 Å². The maximum Gasteiger partial charge on any atom is 0.225 e. The molecule has 2 rings (SSSR count). The van der Waals surface area contributed by atoms with Crippen LogP contribution in [0.4, 0.5) is 10.3 Å². The van der Waals surface area contributed by atoms with Gasteiger partial charge in [0.05, 0.1) is 11.0 Å². The van der Waals surface area contributed by atoms with Gasteiger partial charge in [0.1, 0.15) is 6.17 Å². The third-order valence-corrected chi connectivity index (χ3v) is 2.66. The predicted octanol–water partition coefficient (Wildman–Crippen LogP) is 2.18. The molecule has 5 heteroatoms. The summed E-state index contributed by atoms with van der Waals surface area (Å²) >= 11 is 3.26. The van der Waals surface area contributed by atoms with Crippen molar-refractivity contribution in [2.24, 2.45) is 0 Å². The van der Waals surface area contributed by atoms with Crippen molar-refractivity contribution < 1.29 is 4.39 Å². The molecule has 0 N–H and O–H groups in total. The highest BCUT2D eigenvalue weighted by Crippen LogP contribution is 2.18. The van der Waals surface area contributed by atoms with Crippen LogP contribution < -0.4 is 4.90 Å². The highest BCUT2D eigenvalue weighted by molar-refractivity contribution is 9.10. The maximum absolute atomic E-state index is 13.1. The van der Waals surface area contributed by atoms with Crippen molar-refractivity contribution in [2.75, 3.05) is 18.0 Å². The monoisotopic (exact) mass is 259 g/mol. The Morgan fingerprint density at radius 1 is 1.43 bits per heavy atom. The number of anilines is 1. The van der Waals surface area contributed by atoms with E-state index in [0.29, 0.717) is 18.9 Å². The molecule has 0 radical (unpaired) electrons. The second-order valence-corrected chi connectivity index (χ2v) is 4.30. The fraction of sp³-hybridized carbons (Fsp3) is 0.556. The van der Waals surface area contributed by atoms with E-state index < -0.39 is 6.17 Å². The molecule has 76 valence electrons. The zero-order valence-corrected chi connectivity index (χ0v) is 9.24. The van der Waals surface area contributed by atoms with Crippen LogP contribution in [0.3, 0.4) is 0 Å². The Morgan fingerprint density at radius 3 is 2.79 bits per heavy atom. The normalized spacial score (nSPS) is 22.4. The van der Waals surface area contributed by atoms with E-state index in [1.807, 2.05) is 4.90 Å². The van der Waals surface area contributed by atoms with Crippen LogP contribution in [0.5, 0.6) is 0 Å². The molecule has 2 heterocycles. The Balaban J connectivity index is 2.10. The summed E-state index contributed by atoms with van der Waals surface area (Å²) < 4.78 is 13.9. The summed E-state index contributed by atoms with van der Waals surface area (Å²) in [6, 6.07) is 0. The van der Waals surface area contributed by atoms with Gasteiger partial charge in [0, 0.05) is 18.9 Å². The summed E-state index contributed by atoms with van der Waals surface area (Å²) in [6.07, 6.45) is 4.16. The quantitative estimate of drug-likeness (QED) is 0.774. The Hall–Kier alpha value is -0.710. The number of hydrogen-bond donors (Lipinski definition) is 0. The number of alkyl halides is 1. The van der Waals surface area contributed by atoms with Crippen LogP contribution in [0.1, 0.15) is 12.8 Å². The average molecular weight is 260 g/mol. The van der Waals surface area contributed by atoms with Crippen molar-refractivity contribution in [3.05, 3.63) is 16.9 Å². The van der Waals surface area contributed by atoms with E-state index in [4.69, 9.17) is 0 Å². The van der Waals surface area contributed by atoms with Crippen molar-refractivity contribution >= 4 is 21.9 Å². The van der Waals surface area contributed by atoms with E-state index in [9.17, 15) is 4.39 Å². The molecule has 0 amide bonds. The Labute approximate surface area is 90.5 Å². The number of halogens is 2. The van der Waals surface area contributed by atoms with E-state index >= 15 is 0 Å². The minimum absolute atomic E-state index is 0.418. The van der Waals surface area contributed by atoms with Crippen LogP contribution in [-0.4, -0.2) is 29.2 Å². The minimum Gasteiger partial charge on any atom is -0.338 e. The first-order chi connectivity index (χ1) is 6.75. The van der Waals surface area contributed by atoms with E-state index in [-0.39, 0.29) is 0 Å². The highest BCUT2D eigenvalue weighted by Gasteiger charge is 2.20. The molecule has 1 saturated heterocycles. The molecule has 1 aliphatic rings. The standard InChI is InChI=1S/C9H11BrFN3/c10-7-4-12-9(13-5-7)14-3-1-2-8(11)6-14/h4-5,8H,1-3,6H2/t8-/m0/s1. The lowest BCUT2D eigenvalue weighted by Gasteiger charge is -2.28. The van der Waals surface area contributed by atoms with Crippen LogP contribution in [-0.2, 0) is 0 Å². The number of nitrogens with zero attached hydrogens (tertiary/aromatic N) is 3. The van der Waals surface area contributed by atoms with Gasteiger partial charge in [0.15, 0.2) is 0 Å². The van der Waals surface area contributed by atoms with E-state index in [0.717, 1.165) is 17.4 Å². The molecule has 0 aliphatic carbocycles. The topological polar surface area (TPSA) is 29.0 Å². The van der Waals surface area contributed by atoms with Crippen LogP contribution in [0.2, 0.25) is 0 Å². The third kappa shape index (κ3) is 2.20. The highest BCUT2D eigenvalue weighted by atomic mass is 79.9. The van der Waals surface area contributed by atoms with Gasteiger partial charge >= 0.3 is 0 Å². The van der Waals surface area contributed by atoms with Gasteiger partial charge in [0.2, 0.25) is 5.95 Å². The molecule has 0 aromatic carbocycles. The number of aromatic nitrogens is 2. The first kappa shape index (κ1) is 9.83. The van der Waals surface area contributed by atoms with E-state index in [2.05, 4.69) is 25.9 Å². The lowest BCUT2D eigenvalue weighted by atomic mass is 10.1. The summed E-state index contributed by atoms with van der Waals surface area (Å²) in [4.78, 5) is 10.2. The predicted molar refractivity (Wildman–Crippen MR) is 56.1 cm³/mol. The molecule has 1 fully saturated rings. The molecule has 0 spiro atoms. The van der Waals surface area contributed by atoms with Crippen molar-refractivity contribution in [2.45, 2.75) is 19.0 Å². The van der Waals surface area contributed by atoms with Gasteiger partial charge in [-0.15, -0.1) is 0 Å². The summed E-state index contributed by atoms with van der Waals surface area (Å²) in [5, 5.41) is 0. The largest absolute Gasteiger partial charge is 0.338 e. The summed E-state index contributed by atoms with van der Waals surface area (Å²) in [5.74, 6) is 0.621. The molecule has 1 aromatic heterocycles. The summed E-state index contributed by atoms with van der Waals surface area (Å²) in [7, 11) is 0. The first-order valence-electron chi connectivity index (χ1n) is 4.62. The SMILES string of the molecule is F[C@H]1CCCN(c2ncc(Br)cn2)C1. The Kier molecular flexibility index (Phi) is 2.96. The fourth-order valence-corrected chi connectivity index (χ4v) is 1.78. The number of piperidine rings is 1. The Bertz CT molecular complexity index is 303. The van der Waals surface area contributed by atoms with E-state index in [1.54, 1.807) is 12.4 Å². The van der Waals surface area contributed by atoms with Crippen LogP contribution >= 0.6 is 15.9 Å². The van der Waals surface area contributed by atoms with Crippen LogP contribution in [0.25, 0.3) is 0 Å². The van der Waals surface area contributed by atoms with E-state index in [1.165, 1.54) is 0 Å². The lowest BCUT2D eigenvalue weighted by molar-refractivity contribution is 0.285. The lowest BCUT2D eigenvalue weighted by Crippen LogP contribution is -2.37. The molecule has 14 heavy (non-hydrogen) atoms. The van der Waals surface area contributed by atoms with Crippen molar-refractivity contribution in [3.63, 3.8) is 0 Å². The zero-order valence-electron chi connectivity index (χ0n) is 7.66. The molecule has 0 bridgehead atoms. The van der Waals surface area contributed by atoms with Gasteiger partial charge in [0.25, 0.3) is 0 Å². The van der Waals surface area contributed by atoms with Gasteiger partial charge < -0.3 is 4.90 Å². The molecule has 3 nitrogen and oxygen atoms in total. The summed E-state index contributed by atoms with van der Waals surface area (Å²) in [6.45, 7) is 1.27. The molecule has 1 aliphatic heterocycles. The van der Waals surface area contributed by atoms with Crippen LogP contribution in [0, 0.1) is 0 Å². The first-order valence-corrected chi connectivity index (χ1v) is 5.41. The molecule has 0 unspecified atom stereocenters. The second kappa shape index (κ2) is 4.21. The van der Waals surface area contributed by atoms with Gasteiger partial charge in [-0.05, 0) is 28.8 Å². The number of hydrogen-bond acceptors (Lipinski definition) is 3. The average Bonchev–Trinajstić information content (AvgIpc) is 2.19. The maximum atomic E-state index is 13.1. The van der Waals surface area contributed by atoms with Crippen molar-refractivity contribution in [1.82, 2.24) is 9.97 Å². The molecular formula is C9H11BrFN3. The third-order valence-electron chi connectivity index (χ3n) is 2.25. The van der Waals surface area contributed by atoms with Gasteiger partial charge in [-0.25, -0.2) is 14.4 Å². The smallest absolute Gasteiger partial charge is 0.225 e. The molecule has 1 aromatic rings. The second-order valence-electron chi connectivity index (χ2n) is 3.39. The van der Waals surface area contributed by atoms with Gasteiger partial charge in [-0.2, -0.15) is 0 Å². The Morgan fingerprint density at radius 2 is 2.14 bits per heavy atom. The minimum atomic E-state index is -0.740. The van der Waals surface area contributed by atoms with Crippen molar-refractivity contribution in [1.29, 1.82) is 0 Å². The molecular weight excluding hydrogens is 249 g/mol. The van der Waals surface area contributed by atoms with Crippen LogP contribution in [0.15, 0.2) is 16.9 Å². The summed E-state index contributed by atoms with van der Waals surface area (Å²) in [5.41, 5.74) is 0. The van der Waals surface area contributed by atoms with Gasteiger partial charge in [-0.1, -0.05) is 0 Å². The molecule has 1 atom stereocenters. The van der Waals surface area contributed by atoms with Crippen molar-refractivity contribution in [3.8, 4) is 0 Å². The zero-order chi connectivity index (χ0) is 9.97. The fourth-order valence-electron chi connectivity index (χ4n) is 1.58. The molecule has 0 saturated carbocycles.